The highest BCUT2D eigenvalue weighted by molar-refractivity contribution is 5.33. The van der Waals surface area contributed by atoms with Crippen molar-refractivity contribution < 1.29 is 9.13 Å². The molecule has 2 N–H and O–H groups in total. The van der Waals surface area contributed by atoms with Gasteiger partial charge in [-0.2, -0.15) is 0 Å². The average Bonchev–Trinajstić information content (AvgIpc) is 2.40. The van der Waals surface area contributed by atoms with Crippen molar-refractivity contribution in [1.29, 1.82) is 0 Å². The molecule has 0 radical (unpaired) electrons. The molecule has 2 nitrogen and oxygen atoms in total. The van der Waals surface area contributed by atoms with Crippen LogP contribution in [0.25, 0.3) is 0 Å². The first-order valence-electron chi connectivity index (χ1n) is 6.36. The summed E-state index contributed by atoms with van der Waals surface area (Å²) in [6, 6.07) is 12.7. The Balaban J connectivity index is 1.98. The number of aryl methyl sites for hydroxylation is 1. The second-order valence-electron chi connectivity index (χ2n) is 4.55. The van der Waals surface area contributed by atoms with Crippen molar-refractivity contribution in [3.63, 3.8) is 0 Å². The maximum atomic E-state index is 13.0. The molecule has 19 heavy (non-hydrogen) atoms. The predicted octanol–water partition coefficient (Wildman–Crippen LogP) is 3.21. The van der Waals surface area contributed by atoms with Gasteiger partial charge in [0.05, 0.1) is 0 Å². The average molecular weight is 259 g/mol. The van der Waals surface area contributed by atoms with Gasteiger partial charge in [0.1, 0.15) is 18.2 Å². The van der Waals surface area contributed by atoms with Crippen molar-refractivity contribution in [2.45, 2.75) is 20.0 Å². The van der Waals surface area contributed by atoms with Crippen LogP contribution < -0.4 is 10.5 Å². The third-order valence-electron chi connectivity index (χ3n) is 2.99. The fraction of sp³-hybridized carbons (Fsp3) is 0.250. The van der Waals surface area contributed by atoms with E-state index in [1.54, 1.807) is 6.07 Å². The zero-order valence-electron chi connectivity index (χ0n) is 11.0. The summed E-state index contributed by atoms with van der Waals surface area (Å²) in [5, 5.41) is 0. The van der Waals surface area contributed by atoms with E-state index in [0.717, 1.165) is 17.5 Å². The molecule has 0 saturated heterocycles. The van der Waals surface area contributed by atoms with Crippen molar-refractivity contribution in [3.05, 3.63) is 65.0 Å². The molecular weight excluding hydrogens is 241 g/mol. The number of hydrogen-bond acceptors (Lipinski definition) is 2. The van der Waals surface area contributed by atoms with E-state index in [4.69, 9.17) is 10.5 Å². The first-order chi connectivity index (χ1) is 9.19. The van der Waals surface area contributed by atoms with E-state index in [2.05, 4.69) is 12.1 Å². The third kappa shape index (κ3) is 3.80. The van der Waals surface area contributed by atoms with Gasteiger partial charge in [-0.25, -0.2) is 4.39 Å². The quantitative estimate of drug-likeness (QED) is 0.894. The van der Waals surface area contributed by atoms with Crippen LogP contribution in [0.2, 0.25) is 0 Å². The second kappa shape index (κ2) is 6.34. The van der Waals surface area contributed by atoms with E-state index in [9.17, 15) is 4.39 Å². The van der Waals surface area contributed by atoms with Crippen LogP contribution in [-0.4, -0.2) is 6.54 Å². The smallest absolute Gasteiger partial charge is 0.123 e. The van der Waals surface area contributed by atoms with E-state index in [-0.39, 0.29) is 5.82 Å². The standard InChI is InChI=1S/C16H18FNO/c1-12-10-15(17)6-7-16(12)19-11-14-4-2-13(3-5-14)8-9-18/h2-7,10H,8-9,11,18H2,1H3. The van der Waals surface area contributed by atoms with Crippen LogP contribution in [0.1, 0.15) is 16.7 Å². The van der Waals surface area contributed by atoms with Gasteiger partial charge in [-0.1, -0.05) is 24.3 Å². The van der Waals surface area contributed by atoms with Crippen molar-refractivity contribution in [1.82, 2.24) is 0 Å². The molecule has 2 aromatic rings. The van der Waals surface area contributed by atoms with Crippen LogP contribution in [0.3, 0.4) is 0 Å². The molecule has 3 heteroatoms. The fourth-order valence-electron chi connectivity index (χ4n) is 1.90. The van der Waals surface area contributed by atoms with Gasteiger partial charge in [-0.05, 0) is 54.8 Å². The lowest BCUT2D eigenvalue weighted by Gasteiger charge is -2.09. The molecule has 2 rings (SSSR count). The van der Waals surface area contributed by atoms with Gasteiger partial charge < -0.3 is 10.5 Å². The van der Waals surface area contributed by atoms with Crippen LogP contribution in [0.5, 0.6) is 5.75 Å². The van der Waals surface area contributed by atoms with E-state index < -0.39 is 0 Å². The number of halogens is 1. The highest BCUT2D eigenvalue weighted by Crippen LogP contribution is 2.19. The lowest BCUT2D eigenvalue weighted by atomic mass is 10.1. The molecule has 0 atom stereocenters. The molecule has 0 fully saturated rings. The molecule has 0 saturated carbocycles. The van der Waals surface area contributed by atoms with E-state index in [0.29, 0.717) is 18.9 Å². The molecule has 2 aromatic carbocycles. The normalized spacial score (nSPS) is 10.5. The van der Waals surface area contributed by atoms with Crippen LogP contribution in [0, 0.1) is 12.7 Å². The predicted molar refractivity (Wildman–Crippen MR) is 74.7 cm³/mol. The zero-order chi connectivity index (χ0) is 13.7. The summed E-state index contributed by atoms with van der Waals surface area (Å²) in [5.41, 5.74) is 8.63. The molecule has 0 unspecified atom stereocenters. The lowest BCUT2D eigenvalue weighted by Crippen LogP contribution is -2.03. The molecule has 100 valence electrons. The summed E-state index contributed by atoms with van der Waals surface area (Å²) in [6.07, 6.45) is 0.887. The van der Waals surface area contributed by atoms with Gasteiger partial charge in [-0.3, -0.25) is 0 Å². The van der Waals surface area contributed by atoms with E-state index in [1.165, 1.54) is 17.7 Å². The summed E-state index contributed by atoms with van der Waals surface area (Å²) < 4.78 is 18.6. The zero-order valence-corrected chi connectivity index (χ0v) is 11.0. The summed E-state index contributed by atoms with van der Waals surface area (Å²) in [4.78, 5) is 0. The minimum absolute atomic E-state index is 0.240. The molecule has 0 amide bonds. The molecule has 0 bridgehead atoms. The lowest BCUT2D eigenvalue weighted by molar-refractivity contribution is 0.303. The number of nitrogens with two attached hydrogens (primary N) is 1. The highest BCUT2D eigenvalue weighted by atomic mass is 19.1. The summed E-state index contributed by atoms with van der Waals surface area (Å²) in [7, 11) is 0. The largest absolute Gasteiger partial charge is 0.489 e. The van der Waals surface area contributed by atoms with Crippen LogP contribution in [0.4, 0.5) is 4.39 Å². The number of rotatable bonds is 5. The third-order valence-corrected chi connectivity index (χ3v) is 2.99. The number of ether oxygens (including phenoxy) is 1. The van der Waals surface area contributed by atoms with Gasteiger partial charge in [-0.15, -0.1) is 0 Å². The molecule has 0 aliphatic carbocycles. The Hall–Kier alpha value is -1.87. The molecular formula is C16H18FNO. The Morgan fingerprint density at radius 1 is 1.05 bits per heavy atom. The maximum absolute atomic E-state index is 13.0. The van der Waals surface area contributed by atoms with Crippen LogP contribution >= 0.6 is 0 Å². The monoisotopic (exact) mass is 259 g/mol. The molecule has 0 aliphatic heterocycles. The van der Waals surface area contributed by atoms with Crippen LogP contribution in [0.15, 0.2) is 42.5 Å². The van der Waals surface area contributed by atoms with Gasteiger partial charge in [0.25, 0.3) is 0 Å². The van der Waals surface area contributed by atoms with Gasteiger partial charge in [0, 0.05) is 0 Å². The minimum Gasteiger partial charge on any atom is -0.489 e. The second-order valence-corrected chi connectivity index (χ2v) is 4.55. The Kier molecular flexibility index (Phi) is 4.53. The topological polar surface area (TPSA) is 35.2 Å². The van der Waals surface area contributed by atoms with Gasteiger partial charge >= 0.3 is 0 Å². The van der Waals surface area contributed by atoms with Crippen molar-refractivity contribution in [3.8, 4) is 5.75 Å². The van der Waals surface area contributed by atoms with E-state index >= 15 is 0 Å². The minimum atomic E-state index is -0.240. The summed E-state index contributed by atoms with van der Waals surface area (Å²) >= 11 is 0. The number of benzene rings is 2. The van der Waals surface area contributed by atoms with Gasteiger partial charge in [0.15, 0.2) is 0 Å². The van der Waals surface area contributed by atoms with Crippen molar-refractivity contribution in [2.24, 2.45) is 5.73 Å². The molecule has 0 heterocycles. The summed E-state index contributed by atoms with van der Waals surface area (Å²) in [5.74, 6) is 0.475. The fourth-order valence-corrected chi connectivity index (χ4v) is 1.90. The summed E-state index contributed by atoms with van der Waals surface area (Å²) in [6.45, 7) is 2.97. The Bertz CT molecular complexity index is 537. The molecule has 0 aromatic heterocycles. The Labute approximate surface area is 113 Å². The molecule has 0 aliphatic rings. The van der Waals surface area contributed by atoms with Crippen molar-refractivity contribution in [2.75, 3.05) is 6.54 Å². The SMILES string of the molecule is Cc1cc(F)ccc1OCc1ccc(CCN)cc1. The van der Waals surface area contributed by atoms with Crippen LogP contribution in [-0.2, 0) is 13.0 Å². The Morgan fingerprint density at radius 2 is 1.74 bits per heavy atom. The van der Waals surface area contributed by atoms with E-state index in [1.807, 2.05) is 19.1 Å². The first kappa shape index (κ1) is 13.6. The van der Waals surface area contributed by atoms with Crippen molar-refractivity contribution >= 4 is 0 Å². The molecule has 0 spiro atoms. The van der Waals surface area contributed by atoms with Gasteiger partial charge in [0.2, 0.25) is 0 Å². The number of hydrogen-bond donors (Lipinski definition) is 1. The Morgan fingerprint density at radius 3 is 2.37 bits per heavy atom. The highest BCUT2D eigenvalue weighted by Gasteiger charge is 2.02. The first-order valence-corrected chi connectivity index (χ1v) is 6.36. The maximum Gasteiger partial charge on any atom is 0.123 e.